The predicted molar refractivity (Wildman–Crippen MR) is 103 cm³/mol. The zero-order valence-electron chi connectivity index (χ0n) is 16.4. The lowest BCUT2D eigenvalue weighted by Crippen LogP contribution is -2.29. The average Bonchev–Trinajstić information content (AvgIpc) is 3.21. The van der Waals surface area contributed by atoms with Crippen LogP contribution in [0.5, 0.6) is 5.75 Å². The third-order valence-electron chi connectivity index (χ3n) is 4.23. The van der Waals surface area contributed by atoms with E-state index < -0.39 is 17.6 Å². The Morgan fingerprint density at radius 2 is 1.83 bits per heavy atom. The summed E-state index contributed by atoms with van der Waals surface area (Å²) in [7, 11) is 0. The largest absolute Gasteiger partial charge is 0.484 e. The smallest absolute Gasteiger partial charge is 0.416 e. The van der Waals surface area contributed by atoms with Gasteiger partial charge in [0.25, 0.3) is 11.8 Å². The summed E-state index contributed by atoms with van der Waals surface area (Å²) >= 11 is 0. The van der Waals surface area contributed by atoms with E-state index >= 15 is 0 Å². The van der Waals surface area contributed by atoms with Gasteiger partial charge in [-0.15, -0.1) is 0 Å². The normalized spacial score (nSPS) is 11.5. The van der Waals surface area contributed by atoms with Crippen molar-refractivity contribution in [3.8, 4) is 17.2 Å². The summed E-state index contributed by atoms with van der Waals surface area (Å²) in [5.74, 6) is 1.02. The summed E-state index contributed by atoms with van der Waals surface area (Å²) in [6, 6.07) is 11.8. The maximum Gasteiger partial charge on any atom is 0.416 e. The Hall–Kier alpha value is -3.36. The Labute approximate surface area is 171 Å². The van der Waals surface area contributed by atoms with E-state index in [-0.39, 0.29) is 24.6 Å². The Kier molecular flexibility index (Phi) is 6.39. The van der Waals surface area contributed by atoms with Crippen LogP contribution in [0.15, 0.2) is 53.1 Å². The van der Waals surface area contributed by atoms with Gasteiger partial charge in [-0.2, -0.15) is 18.2 Å². The molecule has 1 N–H and O–H groups in total. The van der Waals surface area contributed by atoms with Gasteiger partial charge in [-0.3, -0.25) is 4.79 Å². The molecule has 9 heteroatoms. The molecule has 2 aromatic carbocycles. The van der Waals surface area contributed by atoms with Gasteiger partial charge in [0, 0.05) is 18.0 Å². The first-order valence-electron chi connectivity index (χ1n) is 9.22. The lowest BCUT2D eigenvalue weighted by Gasteiger charge is -2.13. The number of hydrogen-bond acceptors (Lipinski definition) is 5. The molecule has 0 saturated heterocycles. The molecular formula is C21H20F3N3O3. The quantitative estimate of drug-likeness (QED) is 0.607. The van der Waals surface area contributed by atoms with Crippen LogP contribution in [0.3, 0.4) is 0 Å². The predicted octanol–water partition coefficient (Wildman–Crippen LogP) is 4.57. The maximum absolute atomic E-state index is 13.0. The topological polar surface area (TPSA) is 77.2 Å². The van der Waals surface area contributed by atoms with E-state index in [0.29, 0.717) is 23.0 Å². The number of carbonyl (C=O) groups is 1. The molecule has 0 saturated carbocycles. The Morgan fingerprint density at radius 3 is 2.47 bits per heavy atom. The second kappa shape index (κ2) is 8.98. The van der Waals surface area contributed by atoms with Gasteiger partial charge in [-0.1, -0.05) is 37.2 Å². The molecule has 0 bridgehead atoms. The number of halogens is 3. The van der Waals surface area contributed by atoms with E-state index in [0.717, 1.165) is 6.07 Å². The summed E-state index contributed by atoms with van der Waals surface area (Å²) in [6.07, 6.45) is -4.48. The van der Waals surface area contributed by atoms with Gasteiger partial charge in [-0.25, -0.2) is 0 Å². The summed E-state index contributed by atoms with van der Waals surface area (Å²) in [4.78, 5) is 16.3. The highest BCUT2D eigenvalue weighted by Gasteiger charge is 2.32. The number of nitrogens with zero attached hydrogens (tertiary/aromatic N) is 2. The minimum atomic E-state index is -4.48. The number of ether oxygens (including phenoxy) is 1. The molecule has 0 aliphatic carbocycles. The fourth-order valence-corrected chi connectivity index (χ4v) is 2.63. The molecule has 1 heterocycles. The molecule has 1 aromatic heterocycles. The molecule has 1 amide bonds. The van der Waals surface area contributed by atoms with Crippen molar-refractivity contribution < 1.29 is 27.2 Å². The molecule has 0 atom stereocenters. The van der Waals surface area contributed by atoms with Crippen LogP contribution in [0.1, 0.15) is 36.7 Å². The second-order valence-electron chi connectivity index (χ2n) is 6.86. The zero-order chi connectivity index (χ0) is 21.7. The van der Waals surface area contributed by atoms with Crippen molar-refractivity contribution in [1.82, 2.24) is 15.5 Å². The van der Waals surface area contributed by atoms with Crippen LogP contribution < -0.4 is 10.1 Å². The van der Waals surface area contributed by atoms with Crippen LogP contribution >= 0.6 is 0 Å². The first-order valence-corrected chi connectivity index (χ1v) is 9.22. The highest BCUT2D eigenvalue weighted by atomic mass is 19.4. The van der Waals surface area contributed by atoms with Crippen molar-refractivity contribution in [2.75, 3.05) is 6.61 Å². The van der Waals surface area contributed by atoms with E-state index in [9.17, 15) is 18.0 Å². The molecule has 0 spiro atoms. The van der Waals surface area contributed by atoms with Gasteiger partial charge in [0.15, 0.2) is 12.4 Å². The third-order valence-corrected chi connectivity index (χ3v) is 4.23. The fraction of sp³-hybridized carbons (Fsp3) is 0.286. The molecule has 158 valence electrons. The standard InChI is InChI=1S/C21H20F3N3O3/c1-13(2)19-26-20(30-27-19)14-7-9-16(10-8-14)29-12-18(28)25-11-15-5-3-4-6-17(15)21(22,23)24/h3-10,13H,11-12H2,1-2H3,(H,25,28). The lowest BCUT2D eigenvalue weighted by molar-refractivity contribution is -0.138. The van der Waals surface area contributed by atoms with Gasteiger partial charge < -0.3 is 14.6 Å². The summed E-state index contributed by atoms with van der Waals surface area (Å²) in [5.41, 5.74) is -0.0820. The molecule has 3 rings (SSSR count). The first-order chi connectivity index (χ1) is 14.2. The van der Waals surface area contributed by atoms with Gasteiger partial charge in [-0.05, 0) is 35.9 Å². The van der Waals surface area contributed by atoms with E-state index in [4.69, 9.17) is 9.26 Å². The van der Waals surface area contributed by atoms with Crippen LogP contribution in [0.4, 0.5) is 13.2 Å². The van der Waals surface area contributed by atoms with Crippen LogP contribution in [0.25, 0.3) is 11.5 Å². The average molecular weight is 419 g/mol. The minimum Gasteiger partial charge on any atom is -0.484 e. The summed E-state index contributed by atoms with van der Waals surface area (Å²) in [6.45, 7) is 3.34. The Bertz CT molecular complexity index is 998. The third kappa shape index (κ3) is 5.37. The number of nitrogens with one attached hydrogen (secondary N) is 1. The molecular weight excluding hydrogens is 399 g/mol. The van der Waals surface area contributed by atoms with E-state index in [2.05, 4.69) is 15.5 Å². The van der Waals surface area contributed by atoms with Gasteiger partial charge >= 0.3 is 6.18 Å². The summed E-state index contributed by atoms with van der Waals surface area (Å²) in [5, 5.41) is 6.34. The first kappa shape index (κ1) is 21.4. The number of carbonyl (C=O) groups excluding carboxylic acids is 1. The molecule has 0 aliphatic heterocycles. The Morgan fingerprint density at radius 1 is 1.13 bits per heavy atom. The van der Waals surface area contributed by atoms with E-state index in [1.54, 1.807) is 24.3 Å². The van der Waals surface area contributed by atoms with Gasteiger partial charge in [0.05, 0.1) is 5.56 Å². The SMILES string of the molecule is CC(C)c1noc(-c2ccc(OCC(=O)NCc3ccccc3C(F)(F)F)cc2)n1. The van der Waals surface area contributed by atoms with Crippen molar-refractivity contribution in [3.05, 3.63) is 65.5 Å². The van der Waals surface area contributed by atoms with E-state index in [1.807, 2.05) is 13.8 Å². The van der Waals surface area contributed by atoms with Crippen molar-refractivity contribution in [2.24, 2.45) is 0 Å². The van der Waals surface area contributed by atoms with Crippen molar-refractivity contribution in [3.63, 3.8) is 0 Å². The molecule has 0 aliphatic rings. The molecule has 30 heavy (non-hydrogen) atoms. The Balaban J connectivity index is 1.53. The number of hydrogen-bond donors (Lipinski definition) is 1. The number of benzene rings is 2. The fourth-order valence-electron chi connectivity index (χ4n) is 2.63. The number of rotatable bonds is 7. The summed E-state index contributed by atoms with van der Waals surface area (Å²) < 4.78 is 49.6. The zero-order valence-corrected chi connectivity index (χ0v) is 16.4. The van der Waals surface area contributed by atoms with Crippen LogP contribution in [-0.2, 0) is 17.5 Å². The van der Waals surface area contributed by atoms with Crippen LogP contribution in [0, 0.1) is 0 Å². The van der Waals surface area contributed by atoms with Crippen LogP contribution in [-0.4, -0.2) is 22.7 Å². The number of aromatic nitrogens is 2. The van der Waals surface area contributed by atoms with Crippen molar-refractivity contribution in [2.45, 2.75) is 32.5 Å². The van der Waals surface area contributed by atoms with Crippen molar-refractivity contribution in [1.29, 1.82) is 0 Å². The number of amides is 1. The molecule has 0 fully saturated rings. The molecule has 6 nitrogen and oxygen atoms in total. The molecule has 3 aromatic rings. The van der Waals surface area contributed by atoms with Gasteiger partial charge in [0.1, 0.15) is 5.75 Å². The monoisotopic (exact) mass is 419 g/mol. The van der Waals surface area contributed by atoms with Gasteiger partial charge in [0.2, 0.25) is 0 Å². The maximum atomic E-state index is 13.0. The lowest BCUT2D eigenvalue weighted by atomic mass is 10.1. The van der Waals surface area contributed by atoms with Crippen LogP contribution in [0.2, 0.25) is 0 Å². The minimum absolute atomic E-state index is 0.0111. The highest BCUT2D eigenvalue weighted by Crippen LogP contribution is 2.31. The second-order valence-corrected chi connectivity index (χ2v) is 6.86. The highest BCUT2D eigenvalue weighted by molar-refractivity contribution is 5.77. The molecule has 0 unspecified atom stereocenters. The number of alkyl halides is 3. The molecule has 0 radical (unpaired) electrons. The van der Waals surface area contributed by atoms with Crippen molar-refractivity contribution >= 4 is 5.91 Å². The van der Waals surface area contributed by atoms with E-state index in [1.165, 1.54) is 18.2 Å².